The molecule has 0 spiro atoms. The second kappa shape index (κ2) is 7.25. The van der Waals surface area contributed by atoms with Crippen LogP contribution in [-0.4, -0.2) is 21.7 Å². The highest BCUT2D eigenvalue weighted by Gasteiger charge is 2.12. The fourth-order valence-corrected chi connectivity index (χ4v) is 3.67. The molecule has 0 aliphatic carbocycles. The van der Waals surface area contributed by atoms with Gasteiger partial charge in [0.25, 0.3) is 0 Å². The van der Waals surface area contributed by atoms with Gasteiger partial charge in [0.1, 0.15) is 28.6 Å². The Morgan fingerprint density at radius 3 is 3.04 bits per heavy atom. The van der Waals surface area contributed by atoms with Gasteiger partial charge in [-0.2, -0.15) is 0 Å². The first kappa shape index (κ1) is 16.2. The van der Waals surface area contributed by atoms with E-state index in [1.807, 2.05) is 11.4 Å². The number of aromatic nitrogens is 2. The first-order chi connectivity index (χ1) is 11.1. The lowest BCUT2D eigenvalue weighted by atomic mass is 10.2. The fraction of sp³-hybridized carbons (Fsp3) is 0.133. The topological polar surface area (TPSA) is 52.1 Å². The number of benzene rings is 1. The van der Waals surface area contributed by atoms with Gasteiger partial charge >= 0.3 is 5.97 Å². The Kier molecular flexibility index (Phi) is 5.09. The number of fused-ring (bicyclic) bond motifs is 1. The zero-order valence-electron chi connectivity index (χ0n) is 11.7. The number of halogens is 2. The van der Waals surface area contributed by atoms with E-state index in [4.69, 9.17) is 16.3 Å². The van der Waals surface area contributed by atoms with Crippen molar-refractivity contribution in [2.45, 2.75) is 11.6 Å². The molecular formula is C15H10ClFN2O2S2. The Bertz CT molecular complexity index is 836. The molecule has 0 unspecified atom stereocenters. The molecule has 0 aliphatic heterocycles. The predicted molar refractivity (Wildman–Crippen MR) is 89.3 cm³/mol. The van der Waals surface area contributed by atoms with E-state index < -0.39 is 11.8 Å². The smallest absolute Gasteiger partial charge is 0.316 e. The minimum absolute atomic E-state index is 0.0774. The van der Waals surface area contributed by atoms with Gasteiger partial charge in [0, 0.05) is 10.9 Å². The monoisotopic (exact) mass is 368 g/mol. The van der Waals surface area contributed by atoms with E-state index in [1.165, 1.54) is 41.6 Å². The van der Waals surface area contributed by atoms with Gasteiger partial charge in [-0.05, 0) is 23.6 Å². The summed E-state index contributed by atoms with van der Waals surface area (Å²) in [5.74, 6) is -0.876. The maximum Gasteiger partial charge on any atom is 0.316 e. The largest absolute Gasteiger partial charge is 0.460 e. The number of carbonyl (C=O) groups excluding carboxylic acids is 1. The predicted octanol–water partition coefficient (Wildman–Crippen LogP) is 4.32. The summed E-state index contributed by atoms with van der Waals surface area (Å²) < 4.78 is 18.7. The van der Waals surface area contributed by atoms with Crippen LogP contribution in [0.3, 0.4) is 0 Å². The van der Waals surface area contributed by atoms with Gasteiger partial charge in [0.15, 0.2) is 0 Å². The van der Waals surface area contributed by atoms with Crippen LogP contribution in [0, 0.1) is 5.82 Å². The Morgan fingerprint density at radius 1 is 1.35 bits per heavy atom. The number of carbonyl (C=O) groups is 1. The van der Waals surface area contributed by atoms with Crippen molar-refractivity contribution in [3.8, 4) is 0 Å². The highest BCUT2D eigenvalue weighted by molar-refractivity contribution is 8.00. The number of nitrogens with zero attached hydrogens (tertiary/aromatic N) is 2. The summed E-state index contributed by atoms with van der Waals surface area (Å²) in [5.41, 5.74) is 0.176. The third-order valence-corrected chi connectivity index (χ3v) is 5.14. The maximum atomic E-state index is 13.6. The third kappa shape index (κ3) is 3.80. The SMILES string of the molecule is O=C(CSc1ncnc2sccc12)OCc1c(F)cccc1Cl. The van der Waals surface area contributed by atoms with Crippen LogP contribution in [0.1, 0.15) is 5.56 Å². The Hall–Kier alpha value is -1.70. The average Bonchev–Trinajstić information content (AvgIpc) is 3.01. The number of thioether (sulfide) groups is 1. The summed E-state index contributed by atoms with van der Waals surface area (Å²) >= 11 is 8.66. The maximum absolute atomic E-state index is 13.6. The number of hydrogen-bond donors (Lipinski definition) is 0. The van der Waals surface area contributed by atoms with Gasteiger partial charge < -0.3 is 4.74 Å². The van der Waals surface area contributed by atoms with Gasteiger partial charge in [0.2, 0.25) is 0 Å². The van der Waals surface area contributed by atoms with E-state index in [1.54, 1.807) is 6.07 Å². The summed E-state index contributed by atoms with van der Waals surface area (Å²) in [6.45, 7) is -0.192. The molecule has 2 aromatic heterocycles. The van der Waals surface area contributed by atoms with E-state index >= 15 is 0 Å². The summed E-state index contributed by atoms with van der Waals surface area (Å²) in [6.07, 6.45) is 1.46. The molecule has 8 heteroatoms. The van der Waals surface area contributed by atoms with Crippen molar-refractivity contribution in [3.05, 3.63) is 52.4 Å². The van der Waals surface area contributed by atoms with Crippen LogP contribution in [0.2, 0.25) is 5.02 Å². The summed E-state index contributed by atoms with van der Waals surface area (Å²) in [5, 5.41) is 3.79. The van der Waals surface area contributed by atoms with Crippen molar-refractivity contribution in [2.75, 3.05) is 5.75 Å². The second-order valence-corrected chi connectivity index (χ2v) is 6.73. The van der Waals surface area contributed by atoms with Crippen molar-refractivity contribution >= 4 is 50.9 Å². The van der Waals surface area contributed by atoms with Crippen LogP contribution < -0.4 is 0 Å². The fourth-order valence-electron chi connectivity index (χ4n) is 1.87. The molecule has 0 saturated heterocycles. The van der Waals surface area contributed by atoms with Gasteiger partial charge in [-0.3, -0.25) is 4.79 Å². The lowest BCUT2D eigenvalue weighted by Gasteiger charge is -2.07. The highest BCUT2D eigenvalue weighted by atomic mass is 35.5. The van der Waals surface area contributed by atoms with Crippen molar-refractivity contribution < 1.29 is 13.9 Å². The summed E-state index contributed by atoms with van der Waals surface area (Å²) in [4.78, 5) is 21.0. The second-order valence-electron chi connectivity index (χ2n) is 4.47. The Morgan fingerprint density at radius 2 is 2.22 bits per heavy atom. The average molecular weight is 369 g/mol. The van der Waals surface area contributed by atoms with Gasteiger partial charge in [-0.25, -0.2) is 14.4 Å². The molecular weight excluding hydrogens is 359 g/mol. The van der Waals surface area contributed by atoms with Crippen LogP contribution in [0.4, 0.5) is 4.39 Å². The Labute approximate surface area is 144 Å². The molecule has 0 aliphatic rings. The van der Waals surface area contributed by atoms with Crippen LogP contribution >= 0.6 is 34.7 Å². The van der Waals surface area contributed by atoms with Gasteiger partial charge in [-0.1, -0.05) is 29.4 Å². The number of thiophene rings is 1. The van der Waals surface area contributed by atoms with E-state index in [0.29, 0.717) is 0 Å². The van der Waals surface area contributed by atoms with Crippen LogP contribution in [-0.2, 0) is 16.1 Å². The summed E-state index contributed by atoms with van der Waals surface area (Å²) in [7, 11) is 0. The Balaban J connectivity index is 1.59. The number of hydrogen-bond acceptors (Lipinski definition) is 6. The minimum Gasteiger partial charge on any atom is -0.460 e. The van der Waals surface area contributed by atoms with Gasteiger partial charge in [0.05, 0.1) is 10.8 Å². The first-order valence-electron chi connectivity index (χ1n) is 6.54. The summed E-state index contributed by atoms with van der Waals surface area (Å²) in [6, 6.07) is 6.24. The first-order valence-corrected chi connectivity index (χ1v) is 8.79. The number of esters is 1. The standard InChI is InChI=1S/C15H10ClFN2O2S2/c16-11-2-1-3-12(17)10(11)6-21-13(20)7-23-15-9-4-5-22-14(9)18-8-19-15/h1-5,8H,6-7H2. The number of rotatable bonds is 5. The van der Waals surface area contributed by atoms with E-state index in [2.05, 4.69) is 9.97 Å². The van der Waals surface area contributed by atoms with Crippen molar-refractivity contribution in [1.29, 1.82) is 0 Å². The molecule has 0 radical (unpaired) electrons. The van der Waals surface area contributed by atoms with Crippen LogP contribution in [0.5, 0.6) is 0 Å². The van der Waals surface area contributed by atoms with E-state index in [0.717, 1.165) is 15.2 Å². The number of ether oxygens (including phenoxy) is 1. The lowest BCUT2D eigenvalue weighted by molar-refractivity contribution is -0.141. The molecule has 0 fully saturated rings. The molecule has 0 amide bonds. The molecule has 118 valence electrons. The third-order valence-electron chi connectivity index (χ3n) is 2.99. The minimum atomic E-state index is -0.492. The van der Waals surface area contributed by atoms with Crippen LogP contribution in [0.25, 0.3) is 10.2 Å². The molecule has 1 aromatic carbocycles. The molecule has 0 atom stereocenters. The molecule has 0 bridgehead atoms. The molecule has 23 heavy (non-hydrogen) atoms. The zero-order valence-corrected chi connectivity index (χ0v) is 14.1. The highest BCUT2D eigenvalue weighted by Crippen LogP contribution is 2.27. The van der Waals surface area contributed by atoms with Crippen molar-refractivity contribution in [1.82, 2.24) is 9.97 Å². The molecule has 3 rings (SSSR count). The molecule has 2 heterocycles. The molecule has 0 N–H and O–H groups in total. The van der Waals surface area contributed by atoms with E-state index in [-0.39, 0.29) is 22.9 Å². The van der Waals surface area contributed by atoms with Gasteiger partial charge in [-0.15, -0.1) is 11.3 Å². The zero-order chi connectivity index (χ0) is 16.2. The van der Waals surface area contributed by atoms with Crippen molar-refractivity contribution in [3.63, 3.8) is 0 Å². The molecule has 0 saturated carbocycles. The normalized spacial score (nSPS) is 10.9. The lowest BCUT2D eigenvalue weighted by Crippen LogP contribution is -2.08. The van der Waals surface area contributed by atoms with Crippen molar-refractivity contribution in [2.24, 2.45) is 0 Å². The molecule has 4 nitrogen and oxygen atoms in total. The van der Waals surface area contributed by atoms with Crippen LogP contribution in [0.15, 0.2) is 41.0 Å². The molecule has 3 aromatic rings. The quantitative estimate of drug-likeness (QED) is 0.381. The van der Waals surface area contributed by atoms with E-state index in [9.17, 15) is 9.18 Å².